The van der Waals surface area contributed by atoms with Gasteiger partial charge in [0.15, 0.2) is 0 Å². The number of thiophene rings is 1. The summed E-state index contributed by atoms with van der Waals surface area (Å²) in [5.74, 6) is -2.42. The van der Waals surface area contributed by atoms with E-state index in [2.05, 4.69) is 16.0 Å². The molecule has 0 aliphatic carbocycles. The number of amidine groups is 1. The summed E-state index contributed by atoms with van der Waals surface area (Å²) in [6.07, 6.45) is 0. The van der Waals surface area contributed by atoms with Crippen molar-refractivity contribution in [2.45, 2.75) is 6.54 Å². The highest BCUT2D eigenvalue weighted by Gasteiger charge is 2.16. The van der Waals surface area contributed by atoms with Crippen LogP contribution in [0.4, 0.5) is 5.00 Å². The second-order valence-corrected chi connectivity index (χ2v) is 6.24. The molecule has 0 saturated heterocycles. The number of rotatable bonds is 6. The van der Waals surface area contributed by atoms with E-state index in [1.165, 1.54) is 18.2 Å². The van der Waals surface area contributed by atoms with Gasteiger partial charge in [0.2, 0.25) is 5.91 Å². The van der Waals surface area contributed by atoms with Gasteiger partial charge >= 0.3 is 11.8 Å². The molecule has 1 aromatic carbocycles. The second-order valence-electron chi connectivity index (χ2n) is 5.16. The molecule has 1 heterocycles. The van der Waals surface area contributed by atoms with Crippen molar-refractivity contribution >= 4 is 39.9 Å². The van der Waals surface area contributed by atoms with Crippen molar-refractivity contribution < 1.29 is 19.5 Å². The number of hydrogen-bond donors (Lipinski definition) is 6. The van der Waals surface area contributed by atoms with Gasteiger partial charge in [-0.3, -0.25) is 19.8 Å². The molecule has 0 unspecified atom stereocenters. The first-order valence-corrected chi connectivity index (χ1v) is 8.25. The maximum atomic E-state index is 11.8. The fourth-order valence-electron chi connectivity index (χ4n) is 1.89. The number of carbonyl (C=O) groups excluding carboxylic acids is 3. The molecule has 3 amide bonds. The summed E-state index contributed by atoms with van der Waals surface area (Å²) in [6, 6.07) is 9.46. The second kappa shape index (κ2) is 8.62. The summed E-state index contributed by atoms with van der Waals surface area (Å²) in [6.45, 7) is -0.188. The Labute approximate surface area is 152 Å². The lowest BCUT2D eigenvalue weighted by molar-refractivity contribution is -0.136. The summed E-state index contributed by atoms with van der Waals surface area (Å²) in [4.78, 5) is 35.6. The van der Waals surface area contributed by atoms with Gasteiger partial charge in [0.05, 0.1) is 16.4 Å². The molecule has 0 atom stereocenters. The lowest BCUT2D eigenvalue weighted by Gasteiger charge is -2.07. The molecular formula is C16H17N5O4S. The van der Waals surface area contributed by atoms with E-state index in [4.69, 9.17) is 11.1 Å². The summed E-state index contributed by atoms with van der Waals surface area (Å²) < 4.78 is 0. The first kappa shape index (κ1) is 18.9. The summed E-state index contributed by atoms with van der Waals surface area (Å²) >= 11 is 1.06. The lowest BCUT2D eigenvalue weighted by Crippen LogP contribution is -2.41. The van der Waals surface area contributed by atoms with Crippen LogP contribution in [0.3, 0.4) is 0 Å². The highest BCUT2D eigenvalue weighted by molar-refractivity contribution is 7.18. The number of hydrogen-bond acceptors (Lipinski definition) is 6. The quantitative estimate of drug-likeness (QED) is 0.240. The maximum absolute atomic E-state index is 11.8. The number of benzene rings is 1. The number of nitrogens with one attached hydrogen (secondary N) is 4. The molecule has 26 heavy (non-hydrogen) atoms. The molecule has 2 rings (SSSR count). The Balaban J connectivity index is 1.75. The van der Waals surface area contributed by atoms with E-state index < -0.39 is 17.7 Å². The van der Waals surface area contributed by atoms with Crippen molar-refractivity contribution in [1.29, 1.82) is 5.41 Å². The molecule has 0 saturated carbocycles. The summed E-state index contributed by atoms with van der Waals surface area (Å²) in [5.41, 5.74) is 6.02. The molecule has 9 nitrogen and oxygen atoms in total. The molecule has 0 radical (unpaired) electrons. The molecule has 0 bridgehead atoms. The fraction of sp³-hybridized carbons (Fsp3) is 0.125. The van der Waals surface area contributed by atoms with E-state index in [1.54, 1.807) is 18.2 Å². The van der Waals surface area contributed by atoms with Crippen LogP contribution in [0.2, 0.25) is 0 Å². The topological polar surface area (TPSA) is 157 Å². The predicted molar refractivity (Wildman–Crippen MR) is 96.9 cm³/mol. The van der Waals surface area contributed by atoms with Crippen LogP contribution in [-0.4, -0.2) is 35.2 Å². The summed E-state index contributed by atoms with van der Waals surface area (Å²) in [5, 5.41) is 24.1. The zero-order valence-corrected chi connectivity index (χ0v) is 14.4. The Kier molecular flexibility index (Phi) is 6.28. The van der Waals surface area contributed by atoms with E-state index in [9.17, 15) is 19.5 Å². The van der Waals surface area contributed by atoms with Gasteiger partial charge in [0, 0.05) is 6.54 Å². The highest BCUT2D eigenvalue weighted by atomic mass is 32.1. The SMILES string of the molecule is N=C(N)c1ccc(NC(=O)C(=O)NCC(=O)NCc2cccc(O)c2)s1. The third-order valence-corrected chi connectivity index (χ3v) is 4.16. The smallest absolute Gasteiger partial charge is 0.314 e. The molecule has 0 spiro atoms. The van der Waals surface area contributed by atoms with Crippen molar-refractivity contribution in [2.75, 3.05) is 11.9 Å². The highest BCUT2D eigenvalue weighted by Crippen LogP contribution is 2.21. The largest absolute Gasteiger partial charge is 0.508 e. The number of nitrogen functional groups attached to an aromatic ring is 1. The number of aromatic hydroxyl groups is 1. The number of anilines is 1. The van der Waals surface area contributed by atoms with Crippen LogP contribution in [0.15, 0.2) is 36.4 Å². The zero-order valence-electron chi connectivity index (χ0n) is 13.5. The standard InChI is InChI=1S/C16H17N5O4S/c17-14(18)11-4-5-13(26-11)21-16(25)15(24)20-8-12(23)19-7-9-2-1-3-10(22)6-9/h1-6,22H,7-8H2,(H3,17,18)(H,19,23)(H,20,24)(H,21,25). The van der Waals surface area contributed by atoms with Crippen molar-refractivity contribution in [3.05, 3.63) is 46.8 Å². The Morgan fingerprint density at radius 3 is 2.54 bits per heavy atom. The van der Waals surface area contributed by atoms with Gasteiger partial charge in [-0.2, -0.15) is 0 Å². The number of nitrogens with two attached hydrogens (primary N) is 1. The molecule has 0 aliphatic heterocycles. The Morgan fingerprint density at radius 1 is 1.12 bits per heavy atom. The van der Waals surface area contributed by atoms with Crippen molar-refractivity contribution in [3.8, 4) is 5.75 Å². The molecule has 10 heteroatoms. The zero-order chi connectivity index (χ0) is 19.1. The normalized spacial score (nSPS) is 10.0. The minimum absolute atomic E-state index is 0.0863. The third kappa shape index (κ3) is 5.60. The van der Waals surface area contributed by atoms with Crippen LogP contribution < -0.4 is 21.7 Å². The van der Waals surface area contributed by atoms with Crippen LogP contribution >= 0.6 is 11.3 Å². The average molecular weight is 375 g/mol. The number of phenols is 1. The fourth-order valence-corrected chi connectivity index (χ4v) is 2.65. The van der Waals surface area contributed by atoms with Crippen LogP contribution in [0.5, 0.6) is 5.75 Å². The minimum atomic E-state index is -0.963. The first-order valence-electron chi connectivity index (χ1n) is 7.43. The summed E-state index contributed by atoms with van der Waals surface area (Å²) in [7, 11) is 0. The van der Waals surface area contributed by atoms with Gasteiger partial charge in [-0.05, 0) is 29.8 Å². The molecule has 2 aromatic rings. The van der Waals surface area contributed by atoms with Gasteiger partial charge in [-0.15, -0.1) is 11.3 Å². The van der Waals surface area contributed by atoms with Gasteiger partial charge in [-0.25, -0.2) is 0 Å². The van der Waals surface area contributed by atoms with Gasteiger partial charge in [0.1, 0.15) is 11.6 Å². The average Bonchev–Trinajstić information content (AvgIpc) is 3.06. The van der Waals surface area contributed by atoms with Crippen LogP contribution in [-0.2, 0) is 20.9 Å². The Hall–Kier alpha value is -3.40. The first-order chi connectivity index (χ1) is 12.3. The predicted octanol–water partition coefficient (Wildman–Crippen LogP) is 0.109. The Morgan fingerprint density at radius 2 is 1.88 bits per heavy atom. The van der Waals surface area contributed by atoms with Gasteiger partial charge in [0.25, 0.3) is 0 Å². The van der Waals surface area contributed by atoms with E-state index in [-0.39, 0.29) is 24.7 Å². The Bertz CT molecular complexity index is 849. The van der Waals surface area contributed by atoms with E-state index >= 15 is 0 Å². The van der Waals surface area contributed by atoms with Crippen LogP contribution in [0, 0.1) is 5.41 Å². The van der Waals surface area contributed by atoms with Gasteiger partial charge < -0.3 is 26.8 Å². The van der Waals surface area contributed by atoms with Crippen molar-refractivity contribution in [3.63, 3.8) is 0 Å². The molecule has 0 aliphatic rings. The van der Waals surface area contributed by atoms with Crippen molar-refractivity contribution in [2.24, 2.45) is 5.73 Å². The monoisotopic (exact) mass is 375 g/mol. The molecule has 7 N–H and O–H groups in total. The molecule has 0 fully saturated rings. The van der Waals surface area contributed by atoms with Crippen LogP contribution in [0.1, 0.15) is 10.4 Å². The van der Waals surface area contributed by atoms with E-state index in [0.29, 0.717) is 15.4 Å². The molecule has 1 aromatic heterocycles. The maximum Gasteiger partial charge on any atom is 0.314 e. The number of phenolic OH excluding ortho intramolecular Hbond substituents is 1. The molecular weight excluding hydrogens is 358 g/mol. The minimum Gasteiger partial charge on any atom is -0.508 e. The molecule has 136 valence electrons. The lowest BCUT2D eigenvalue weighted by atomic mass is 10.2. The number of amides is 3. The number of carbonyl (C=O) groups is 3. The third-order valence-electron chi connectivity index (χ3n) is 3.12. The van der Waals surface area contributed by atoms with Crippen molar-refractivity contribution in [1.82, 2.24) is 10.6 Å². The van der Waals surface area contributed by atoms with E-state index in [0.717, 1.165) is 11.3 Å². The van der Waals surface area contributed by atoms with Gasteiger partial charge in [-0.1, -0.05) is 12.1 Å². The van der Waals surface area contributed by atoms with E-state index in [1.807, 2.05) is 0 Å². The van der Waals surface area contributed by atoms with Crippen LogP contribution in [0.25, 0.3) is 0 Å².